The van der Waals surface area contributed by atoms with E-state index in [-0.39, 0.29) is 5.56 Å². The molecule has 0 aliphatic carbocycles. The molecule has 0 unspecified atom stereocenters. The molecule has 2 nitrogen and oxygen atoms in total. The van der Waals surface area contributed by atoms with Crippen molar-refractivity contribution < 1.29 is 14.3 Å². The van der Waals surface area contributed by atoms with Crippen molar-refractivity contribution in [2.45, 2.75) is 13.3 Å². The Hall–Kier alpha value is -1.68. The van der Waals surface area contributed by atoms with Gasteiger partial charge in [-0.2, -0.15) is 0 Å². The van der Waals surface area contributed by atoms with Crippen LogP contribution >= 0.6 is 15.9 Å². The summed E-state index contributed by atoms with van der Waals surface area (Å²) in [5, 5.41) is 8.82. The zero-order valence-corrected chi connectivity index (χ0v) is 11.9. The number of halogens is 2. The van der Waals surface area contributed by atoms with E-state index in [2.05, 4.69) is 15.9 Å². The smallest absolute Gasteiger partial charge is 0.338 e. The van der Waals surface area contributed by atoms with Crippen molar-refractivity contribution in [2.24, 2.45) is 0 Å². The van der Waals surface area contributed by atoms with Crippen LogP contribution < -0.4 is 0 Å². The summed E-state index contributed by atoms with van der Waals surface area (Å²) in [6.45, 7) is 2.02. The van der Waals surface area contributed by atoms with E-state index in [9.17, 15) is 9.18 Å². The Labute approximate surface area is 119 Å². The molecule has 19 heavy (non-hydrogen) atoms. The number of benzene rings is 2. The molecule has 98 valence electrons. The normalized spacial score (nSPS) is 10.5. The number of hydrogen-bond acceptors (Lipinski definition) is 1. The summed E-state index contributed by atoms with van der Waals surface area (Å²) in [6, 6.07) is 9.98. The average molecular weight is 323 g/mol. The highest BCUT2D eigenvalue weighted by Crippen LogP contribution is 2.28. The molecule has 0 aliphatic rings. The van der Waals surface area contributed by atoms with Crippen molar-refractivity contribution in [1.29, 1.82) is 0 Å². The van der Waals surface area contributed by atoms with Crippen LogP contribution in [-0.4, -0.2) is 11.1 Å². The largest absolute Gasteiger partial charge is 0.478 e. The first kappa shape index (κ1) is 13.7. The Balaban J connectivity index is 2.54. The Morgan fingerprint density at radius 1 is 1.26 bits per heavy atom. The first-order valence-electron chi connectivity index (χ1n) is 5.84. The van der Waals surface area contributed by atoms with E-state index >= 15 is 0 Å². The Kier molecular flexibility index (Phi) is 4.00. The molecule has 0 saturated carbocycles. The van der Waals surface area contributed by atoms with Gasteiger partial charge in [-0.3, -0.25) is 0 Å². The van der Waals surface area contributed by atoms with Gasteiger partial charge in [0.15, 0.2) is 0 Å². The van der Waals surface area contributed by atoms with Crippen LogP contribution in [0.25, 0.3) is 11.1 Å². The fourth-order valence-corrected chi connectivity index (χ4v) is 2.40. The number of aromatic carboxylic acids is 1. The first-order valence-corrected chi connectivity index (χ1v) is 6.64. The number of hydrogen-bond donors (Lipinski definition) is 1. The quantitative estimate of drug-likeness (QED) is 0.902. The van der Waals surface area contributed by atoms with Crippen LogP contribution in [0.1, 0.15) is 22.8 Å². The third-order valence-electron chi connectivity index (χ3n) is 2.96. The molecule has 2 aromatic carbocycles. The molecule has 0 saturated heterocycles. The van der Waals surface area contributed by atoms with Gasteiger partial charge in [-0.15, -0.1) is 0 Å². The molecule has 0 radical (unpaired) electrons. The van der Waals surface area contributed by atoms with Crippen molar-refractivity contribution in [3.63, 3.8) is 0 Å². The molecular formula is C15H12BrFO2. The second-order valence-electron chi connectivity index (χ2n) is 4.15. The maximum atomic E-state index is 13.7. The zero-order chi connectivity index (χ0) is 14.0. The second-order valence-corrected chi connectivity index (χ2v) is 5.07. The molecule has 0 fully saturated rings. The minimum atomic E-state index is -1.25. The van der Waals surface area contributed by atoms with Crippen LogP contribution in [-0.2, 0) is 6.42 Å². The molecule has 0 bridgehead atoms. The topological polar surface area (TPSA) is 37.3 Å². The van der Waals surface area contributed by atoms with Crippen molar-refractivity contribution in [3.05, 3.63) is 57.8 Å². The van der Waals surface area contributed by atoms with Crippen LogP contribution in [0.15, 0.2) is 40.9 Å². The fraction of sp³-hybridized carbons (Fsp3) is 0.133. The number of carboxylic acid groups (broad SMARTS) is 1. The van der Waals surface area contributed by atoms with E-state index in [1.807, 2.05) is 25.1 Å². The molecule has 0 heterocycles. The summed E-state index contributed by atoms with van der Waals surface area (Å²) < 4.78 is 14.7. The fourth-order valence-electron chi connectivity index (χ4n) is 1.99. The van der Waals surface area contributed by atoms with E-state index in [0.717, 1.165) is 22.0 Å². The highest BCUT2D eigenvalue weighted by Gasteiger charge is 2.12. The zero-order valence-electron chi connectivity index (χ0n) is 10.3. The number of rotatable bonds is 3. The summed E-state index contributed by atoms with van der Waals surface area (Å²) in [4.78, 5) is 10.8. The Bertz CT molecular complexity index is 638. The second kappa shape index (κ2) is 5.53. The molecule has 0 aliphatic heterocycles. The Morgan fingerprint density at radius 3 is 2.58 bits per heavy atom. The van der Waals surface area contributed by atoms with Gasteiger partial charge in [0.05, 0.1) is 5.56 Å². The van der Waals surface area contributed by atoms with Crippen LogP contribution in [0.5, 0.6) is 0 Å². The molecule has 4 heteroatoms. The molecule has 2 rings (SSSR count). The van der Waals surface area contributed by atoms with Gasteiger partial charge < -0.3 is 5.11 Å². The Morgan fingerprint density at radius 2 is 2.00 bits per heavy atom. The predicted molar refractivity (Wildman–Crippen MR) is 75.9 cm³/mol. The predicted octanol–water partition coefficient (Wildman–Crippen LogP) is 4.52. The highest BCUT2D eigenvalue weighted by atomic mass is 79.9. The van der Waals surface area contributed by atoms with Crippen molar-refractivity contribution >= 4 is 21.9 Å². The van der Waals surface area contributed by atoms with Gasteiger partial charge in [-0.1, -0.05) is 35.0 Å². The number of carbonyl (C=O) groups is 1. The van der Waals surface area contributed by atoms with Gasteiger partial charge in [-0.25, -0.2) is 9.18 Å². The van der Waals surface area contributed by atoms with E-state index in [1.54, 1.807) is 6.07 Å². The minimum absolute atomic E-state index is 0.307. The van der Waals surface area contributed by atoms with E-state index in [0.29, 0.717) is 5.56 Å². The van der Waals surface area contributed by atoms with Gasteiger partial charge in [0, 0.05) is 4.47 Å². The van der Waals surface area contributed by atoms with Crippen molar-refractivity contribution in [2.75, 3.05) is 0 Å². The van der Waals surface area contributed by atoms with Gasteiger partial charge in [-0.05, 0) is 47.4 Å². The lowest BCUT2D eigenvalue weighted by Crippen LogP contribution is -2.00. The maximum Gasteiger partial charge on any atom is 0.338 e. The molecule has 2 aromatic rings. The summed E-state index contributed by atoms with van der Waals surface area (Å²) in [7, 11) is 0. The summed E-state index contributed by atoms with van der Waals surface area (Å²) in [5.74, 6) is -1.97. The van der Waals surface area contributed by atoms with Crippen molar-refractivity contribution in [1.82, 2.24) is 0 Å². The van der Waals surface area contributed by atoms with Crippen LogP contribution in [0.3, 0.4) is 0 Å². The minimum Gasteiger partial charge on any atom is -0.478 e. The lowest BCUT2D eigenvalue weighted by atomic mass is 9.97. The third kappa shape index (κ3) is 2.84. The SMILES string of the molecule is CCc1cc(Br)ccc1-c1ccc(C(=O)O)c(F)c1. The van der Waals surface area contributed by atoms with Gasteiger partial charge >= 0.3 is 5.97 Å². The molecule has 1 N–H and O–H groups in total. The third-order valence-corrected chi connectivity index (χ3v) is 3.45. The molecule has 0 aromatic heterocycles. The number of carboxylic acids is 1. The molecular weight excluding hydrogens is 311 g/mol. The summed E-state index contributed by atoms with van der Waals surface area (Å²) in [5.41, 5.74) is 2.38. The summed E-state index contributed by atoms with van der Waals surface area (Å²) in [6.07, 6.45) is 0.817. The van der Waals surface area contributed by atoms with E-state index < -0.39 is 11.8 Å². The average Bonchev–Trinajstić information content (AvgIpc) is 2.37. The molecule has 0 atom stereocenters. The summed E-state index contributed by atoms with van der Waals surface area (Å²) >= 11 is 3.40. The van der Waals surface area contributed by atoms with E-state index in [4.69, 9.17) is 5.11 Å². The van der Waals surface area contributed by atoms with Crippen LogP contribution in [0, 0.1) is 5.82 Å². The standard InChI is InChI=1S/C15H12BrFO2/c1-2-9-7-11(16)4-6-12(9)10-3-5-13(15(18)19)14(17)8-10/h3-8H,2H2,1H3,(H,18,19). The lowest BCUT2D eigenvalue weighted by Gasteiger charge is -2.09. The molecule has 0 amide bonds. The van der Waals surface area contributed by atoms with Crippen LogP contribution in [0.2, 0.25) is 0 Å². The van der Waals surface area contributed by atoms with Gasteiger partial charge in [0.25, 0.3) is 0 Å². The maximum absolute atomic E-state index is 13.7. The van der Waals surface area contributed by atoms with Gasteiger partial charge in [0.2, 0.25) is 0 Å². The highest BCUT2D eigenvalue weighted by molar-refractivity contribution is 9.10. The molecule has 0 spiro atoms. The van der Waals surface area contributed by atoms with E-state index in [1.165, 1.54) is 12.1 Å². The van der Waals surface area contributed by atoms with Crippen molar-refractivity contribution in [3.8, 4) is 11.1 Å². The van der Waals surface area contributed by atoms with Gasteiger partial charge in [0.1, 0.15) is 5.82 Å². The van der Waals surface area contributed by atoms with Crippen LogP contribution in [0.4, 0.5) is 4.39 Å². The first-order chi connectivity index (χ1) is 9.02. The lowest BCUT2D eigenvalue weighted by molar-refractivity contribution is 0.0692. The number of aryl methyl sites for hydroxylation is 1. The monoisotopic (exact) mass is 322 g/mol.